The van der Waals surface area contributed by atoms with Crippen LogP contribution < -0.4 is 20.1 Å². The average molecular weight is 625 g/mol. The molecule has 0 aliphatic carbocycles. The zero-order chi connectivity index (χ0) is 32.7. The lowest BCUT2D eigenvalue weighted by molar-refractivity contribution is -0.145. The lowest BCUT2D eigenvalue weighted by atomic mass is 10.0. The number of hydrogen-bond donors (Lipinski definition) is 2. The summed E-state index contributed by atoms with van der Waals surface area (Å²) in [4.78, 5) is 38.8. The molecular formula is C37H40N2O7. The number of ether oxygens (including phenoxy) is 4. The minimum absolute atomic E-state index is 0.0592. The fraction of sp³-hybridized carbons (Fsp3) is 0.270. The maximum atomic E-state index is 13.4. The van der Waals surface area contributed by atoms with Crippen molar-refractivity contribution >= 4 is 18.0 Å². The standard InChI is InChI=1S/C37H40N2O7/c1-26(2)34(39-37(42)46-25-29-17-11-6-12-18-29)35(40)38-31(36(41)43-3)21-30-19-20-32(44-23-27-13-7-4-8-14-27)33(22-30)45-24-28-15-9-5-10-16-28/h4-20,22,26,31,34H,21,23-25H2,1-3H3,(H,38,40)(H,39,42)/t31-,34+/m1/s1. The minimum Gasteiger partial charge on any atom is -0.485 e. The maximum Gasteiger partial charge on any atom is 0.408 e. The van der Waals surface area contributed by atoms with E-state index < -0.39 is 30.1 Å². The van der Waals surface area contributed by atoms with Crippen LogP contribution in [0.15, 0.2) is 109 Å². The van der Waals surface area contributed by atoms with Gasteiger partial charge in [-0.2, -0.15) is 0 Å². The summed E-state index contributed by atoms with van der Waals surface area (Å²) in [6.45, 7) is 4.30. The maximum absolute atomic E-state index is 13.4. The van der Waals surface area contributed by atoms with E-state index in [1.165, 1.54) is 7.11 Å². The molecule has 0 heterocycles. The summed E-state index contributed by atoms with van der Waals surface area (Å²) in [7, 11) is 1.26. The van der Waals surface area contributed by atoms with Crippen molar-refractivity contribution in [2.45, 2.75) is 52.2 Å². The normalized spacial score (nSPS) is 12.0. The van der Waals surface area contributed by atoms with E-state index in [1.807, 2.05) is 97.1 Å². The monoisotopic (exact) mass is 624 g/mol. The largest absolute Gasteiger partial charge is 0.485 e. The van der Waals surface area contributed by atoms with Gasteiger partial charge < -0.3 is 29.6 Å². The number of benzene rings is 4. The third-order valence-corrected chi connectivity index (χ3v) is 7.16. The summed E-state index contributed by atoms with van der Waals surface area (Å²) in [5.74, 6) is -0.416. The molecule has 0 aliphatic heterocycles. The van der Waals surface area contributed by atoms with E-state index in [9.17, 15) is 14.4 Å². The molecule has 2 amide bonds. The number of alkyl carbamates (subject to hydrolysis) is 1. The van der Waals surface area contributed by atoms with Crippen LogP contribution in [0.25, 0.3) is 0 Å². The molecule has 240 valence electrons. The molecule has 0 aromatic heterocycles. The predicted octanol–water partition coefficient (Wildman–Crippen LogP) is 6.00. The third kappa shape index (κ3) is 10.4. The van der Waals surface area contributed by atoms with Crippen molar-refractivity contribution < 1.29 is 33.3 Å². The molecule has 0 bridgehead atoms. The lowest BCUT2D eigenvalue weighted by Crippen LogP contribution is -2.54. The van der Waals surface area contributed by atoms with Crippen molar-refractivity contribution in [1.82, 2.24) is 10.6 Å². The molecular weight excluding hydrogens is 584 g/mol. The number of nitrogens with one attached hydrogen (secondary N) is 2. The Kier molecular flexibility index (Phi) is 12.6. The first-order valence-electron chi connectivity index (χ1n) is 15.1. The van der Waals surface area contributed by atoms with E-state index in [4.69, 9.17) is 18.9 Å². The highest BCUT2D eigenvalue weighted by atomic mass is 16.5. The van der Waals surface area contributed by atoms with Crippen LogP contribution in [0, 0.1) is 5.92 Å². The van der Waals surface area contributed by atoms with Crippen LogP contribution in [0.5, 0.6) is 11.5 Å². The molecule has 4 aromatic rings. The number of methoxy groups -OCH3 is 1. The SMILES string of the molecule is COC(=O)[C@@H](Cc1ccc(OCc2ccccc2)c(OCc2ccccc2)c1)NC(=O)[C@@H](NC(=O)OCc1ccccc1)C(C)C. The third-order valence-electron chi connectivity index (χ3n) is 7.16. The van der Waals surface area contributed by atoms with Gasteiger partial charge in [-0.3, -0.25) is 4.79 Å². The number of carbonyl (C=O) groups is 3. The summed E-state index contributed by atoms with van der Waals surface area (Å²) < 4.78 is 22.6. The second kappa shape index (κ2) is 17.2. The van der Waals surface area contributed by atoms with Crippen molar-refractivity contribution in [3.8, 4) is 11.5 Å². The number of amides is 2. The molecule has 9 heteroatoms. The van der Waals surface area contributed by atoms with Crippen LogP contribution >= 0.6 is 0 Å². The molecule has 2 N–H and O–H groups in total. The fourth-order valence-electron chi connectivity index (χ4n) is 4.64. The van der Waals surface area contributed by atoms with Gasteiger partial charge in [-0.05, 0) is 40.3 Å². The second-order valence-corrected chi connectivity index (χ2v) is 11.0. The van der Waals surface area contributed by atoms with E-state index >= 15 is 0 Å². The fourth-order valence-corrected chi connectivity index (χ4v) is 4.64. The molecule has 0 unspecified atom stereocenters. The van der Waals surface area contributed by atoms with Gasteiger partial charge >= 0.3 is 12.1 Å². The molecule has 46 heavy (non-hydrogen) atoms. The Morgan fingerprint density at radius 2 is 1.15 bits per heavy atom. The van der Waals surface area contributed by atoms with Crippen molar-refractivity contribution in [3.63, 3.8) is 0 Å². The number of carbonyl (C=O) groups excluding carboxylic acids is 3. The molecule has 2 atom stereocenters. The quantitative estimate of drug-likeness (QED) is 0.156. The summed E-state index contributed by atoms with van der Waals surface area (Å²) >= 11 is 0. The Morgan fingerprint density at radius 1 is 0.630 bits per heavy atom. The molecule has 0 spiro atoms. The highest BCUT2D eigenvalue weighted by Crippen LogP contribution is 2.31. The number of hydrogen-bond acceptors (Lipinski definition) is 7. The molecule has 9 nitrogen and oxygen atoms in total. The predicted molar refractivity (Wildman–Crippen MR) is 174 cm³/mol. The summed E-state index contributed by atoms with van der Waals surface area (Å²) in [6.07, 6.45) is -0.624. The van der Waals surface area contributed by atoms with Gasteiger partial charge in [0.25, 0.3) is 0 Å². The van der Waals surface area contributed by atoms with E-state index in [1.54, 1.807) is 26.0 Å². The summed E-state index contributed by atoms with van der Waals surface area (Å²) in [5.41, 5.74) is 3.52. The second-order valence-electron chi connectivity index (χ2n) is 11.0. The zero-order valence-electron chi connectivity index (χ0n) is 26.3. The Labute approximate surface area is 269 Å². The van der Waals surface area contributed by atoms with Gasteiger partial charge in [0.1, 0.15) is 31.9 Å². The van der Waals surface area contributed by atoms with Crippen LogP contribution in [0.4, 0.5) is 4.79 Å². The summed E-state index contributed by atoms with van der Waals surface area (Å²) in [5, 5.41) is 5.39. The molecule has 0 saturated heterocycles. The van der Waals surface area contributed by atoms with Gasteiger partial charge in [-0.1, -0.05) is 111 Å². The van der Waals surface area contributed by atoms with E-state index in [-0.39, 0.29) is 18.9 Å². The Hall–Kier alpha value is -5.31. The van der Waals surface area contributed by atoms with Gasteiger partial charge in [0.15, 0.2) is 11.5 Å². The number of rotatable bonds is 15. The van der Waals surface area contributed by atoms with Gasteiger partial charge in [0, 0.05) is 6.42 Å². The first kappa shape index (κ1) is 33.6. The van der Waals surface area contributed by atoms with Crippen LogP contribution in [-0.4, -0.2) is 37.2 Å². The summed E-state index contributed by atoms with van der Waals surface area (Å²) in [6, 6.07) is 32.2. The van der Waals surface area contributed by atoms with E-state index in [2.05, 4.69) is 10.6 Å². The highest BCUT2D eigenvalue weighted by Gasteiger charge is 2.30. The Morgan fingerprint density at radius 3 is 1.67 bits per heavy atom. The van der Waals surface area contributed by atoms with Crippen molar-refractivity contribution in [1.29, 1.82) is 0 Å². The first-order chi connectivity index (χ1) is 22.3. The van der Waals surface area contributed by atoms with E-state index in [0.29, 0.717) is 30.3 Å². The zero-order valence-corrected chi connectivity index (χ0v) is 26.3. The first-order valence-corrected chi connectivity index (χ1v) is 15.1. The molecule has 0 aliphatic rings. The minimum atomic E-state index is -1.03. The molecule has 0 saturated carbocycles. The van der Waals surface area contributed by atoms with Crippen LogP contribution in [0.3, 0.4) is 0 Å². The highest BCUT2D eigenvalue weighted by molar-refractivity contribution is 5.90. The average Bonchev–Trinajstić information content (AvgIpc) is 3.08. The lowest BCUT2D eigenvalue weighted by Gasteiger charge is -2.24. The van der Waals surface area contributed by atoms with Gasteiger partial charge in [-0.25, -0.2) is 9.59 Å². The van der Waals surface area contributed by atoms with Crippen molar-refractivity contribution in [2.75, 3.05) is 7.11 Å². The smallest absolute Gasteiger partial charge is 0.408 e. The molecule has 4 aromatic carbocycles. The van der Waals surface area contributed by atoms with Crippen molar-refractivity contribution in [3.05, 3.63) is 131 Å². The Balaban J connectivity index is 1.46. The topological polar surface area (TPSA) is 112 Å². The van der Waals surface area contributed by atoms with Gasteiger partial charge in [0.2, 0.25) is 5.91 Å². The van der Waals surface area contributed by atoms with Crippen LogP contribution in [0.2, 0.25) is 0 Å². The van der Waals surface area contributed by atoms with Crippen LogP contribution in [0.1, 0.15) is 36.1 Å². The molecule has 0 radical (unpaired) electrons. The van der Waals surface area contributed by atoms with Gasteiger partial charge in [0.05, 0.1) is 7.11 Å². The van der Waals surface area contributed by atoms with Crippen molar-refractivity contribution in [2.24, 2.45) is 5.92 Å². The van der Waals surface area contributed by atoms with Crippen LogP contribution in [-0.2, 0) is 45.3 Å². The van der Waals surface area contributed by atoms with E-state index in [0.717, 1.165) is 16.7 Å². The molecule has 4 rings (SSSR count). The Bertz CT molecular complexity index is 1550. The number of esters is 1. The molecule has 0 fully saturated rings. The van der Waals surface area contributed by atoms with Gasteiger partial charge in [-0.15, -0.1) is 0 Å².